The first-order chi connectivity index (χ1) is 15.6. The third-order valence-electron chi connectivity index (χ3n) is 5.03. The molecule has 0 aliphatic heterocycles. The van der Waals surface area contributed by atoms with Crippen molar-refractivity contribution in [2.75, 3.05) is 13.7 Å². The number of hydrogen-bond donors (Lipinski definition) is 2. The minimum absolute atomic E-state index is 0.0429. The maximum Gasteiger partial charge on any atom is 0.387 e. The number of alkyl halides is 2. The van der Waals surface area contributed by atoms with E-state index in [1.54, 1.807) is 35.0 Å². The van der Waals surface area contributed by atoms with Gasteiger partial charge < -0.3 is 25.3 Å². The molecule has 2 aromatic heterocycles. The predicted molar refractivity (Wildman–Crippen MR) is 118 cm³/mol. The van der Waals surface area contributed by atoms with Crippen molar-refractivity contribution >= 4 is 11.6 Å². The van der Waals surface area contributed by atoms with Crippen molar-refractivity contribution in [3.63, 3.8) is 0 Å². The summed E-state index contributed by atoms with van der Waals surface area (Å²) in [6.07, 6.45) is 5.06. The molecule has 0 bridgehead atoms. The molecule has 4 rings (SSSR count). The van der Waals surface area contributed by atoms with Gasteiger partial charge >= 0.3 is 6.61 Å². The largest absolute Gasteiger partial charge is 0.496 e. The Morgan fingerprint density at radius 1 is 1.30 bits per heavy atom. The van der Waals surface area contributed by atoms with Crippen LogP contribution in [0, 0.1) is 0 Å². The summed E-state index contributed by atoms with van der Waals surface area (Å²) < 4.78 is 43.9. The van der Waals surface area contributed by atoms with E-state index in [0.29, 0.717) is 29.3 Å². The molecule has 0 atom stereocenters. The molecule has 8 nitrogen and oxygen atoms in total. The molecule has 1 aromatic carbocycles. The SMILES string of the molecule is COc1cc(-c2cnc3cc(OCC(C)(C)N)ccn23)cc(OC(F)F)c1C(=O)NC1CC1. The van der Waals surface area contributed by atoms with Crippen molar-refractivity contribution in [1.82, 2.24) is 14.7 Å². The molecule has 3 aromatic rings. The highest BCUT2D eigenvalue weighted by Crippen LogP contribution is 2.37. The number of fused-ring (bicyclic) bond motifs is 1. The van der Waals surface area contributed by atoms with E-state index in [1.807, 2.05) is 13.8 Å². The predicted octanol–water partition coefficient (Wildman–Crippen LogP) is 3.62. The maximum atomic E-state index is 13.2. The fraction of sp³-hybridized carbons (Fsp3) is 0.391. The third kappa shape index (κ3) is 5.33. The average molecular weight is 460 g/mol. The highest BCUT2D eigenvalue weighted by molar-refractivity contribution is 6.01. The van der Waals surface area contributed by atoms with E-state index in [-0.39, 0.29) is 23.1 Å². The van der Waals surface area contributed by atoms with Gasteiger partial charge in [-0.1, -0.05) is 0 Å². The molecule has 1 saturated carbocycles. The second kappa shape index (κ2) is 8.86. The molecule has 1 amide bonds. The lowest BCUT2D eigenvalue weighted by Gasteiger charge is -2.19. The lowest BCUT2D eigenvalue weighted by molar-refractivity contribution is -0.0502. The van der Waals surface area contributed by atoms with Crippen LogP contribution in [0.5, 0.6) is 17.2 Å². The van der Waals surface area contributed by atoms with E-state index in [9.17, 15) is 13.6 Å². The second-order valence-corrected chi connectivity index (χ2v) is 8.69. The summed E-state index contributed by atoms with van der Waals surface area (Å²) in [6.45, 7) is 0.943. The zero-order chi connectivity index (χ0) is 23.8. The van der Waals surface area contributed by atoms with Crippen LogP contribution in [0.25, 0.3) is 16.9 Å². The minimum atomic E-state index is -3.11. The van der Waals surface area contributed by atoms with Crippen LogP contribution in [0.3, 0.4) is 0 Å². The van der Waals surface area contributed by atoms with Gasteiger partial charge in [-0.05, 0) is 44.9 Å². The molecule has 1 aliphatic carbocycles. The van der Waals surface area contributed by atoms with E-state index >= 15 is 0 Å². The number of pyridine rings is 1. The number of nitrogens with one attached hydrogen (secondary N) is 1. The first-order valence-corrected chi connectivity index (χ1v) is 10.5. The molecule has 33 heavy (non-hydrogen) atoms. The van der Waals surface area contributed by atoms with E-state index in [0.717, 1.165) is 12.8 Å². The summed E-state index contributed by atoms with van der Waals surface area (Å²) in [5.41, 5.74) is 7.09. The van der Waals surface area contributed by atoms with Crippen LogP contribution in [0.15, 0.2) is 36.7 Å². The first kappa shape index (κ1) is 22.8. The van der Waals surface area contributed by atoms with Crippen molar-refractivity contribution in [3.8, 4) is 28.5 Å². The van der Waals surface area contributed by atoms with E-state index in [4.69, 9.17) is 19.9 Å². The number of carbonyl (C=O) groups excluding carboxylic acids is 1. The smallest absolute Gasteiger partial charge is 0.387 e. The number of methoxy groups -OCH3 is 1. The molecular formula is C23H26F2N4O4. The van der Waals surface area contributed by atoms with Crippen LogP contribution in [0.2, 0.25) is 0 Å². The number of amides is 1. The van der Waals surface area contributed by atoms with Crippen LogP contribution in [-0.4, -0.2) is 47.2 Å². The zero-order valence-corrected chi connectivity index (χ0v) is 18.6. The Kier molecular flexibility index (Phi) is 6.11. The summed E-state index contributed by atoms with van der Waals surface area (Å²) in [6, 6.07) is 6.54. The van der Waals surface area contributed by atoms with Gasteiger partial charge in [-0.25, -0.2) is 4.98 Å². The molecular weight excluding hydrogens is 434 g/mol. The lowest BCUT2D eigenvalue weighted by atomic mass is 10.1. The van der Waals surface area contributed by atoms with Crippen LogP contribution < -0.4 is 25.3 Å². The molecule has 3 N–H and O–H groups in total. The third-order valence-corrected chi connectivity index (χ3v) is 5.03. The molecule has 0 unspecified atom stereocenters. The van der Waals surface area contributed by atoms with Crippen LogP contribution in [0.1, 0.15) is 37.0 Å². The fourth-order valence-electron chi connectivity index (χ4n) is 3.33. The van der Waals surface area contributed by atoms with Gasteiger partial charge in [0.25, 0.3) is 5.91 Å². The number of benzene rings is 1. The van der Waals surface area contributed by atoms with Crippen molar-refractivity contribution in [3.05, 3.63) is 42.2 Å². The fourth-order valence-corrected chi connectivity index (χ4v) is 3.33. The Labute approximate surface area is 189 Å². The van der Waals surface area contributed by atoms with Crippen LogP contribution >= 0.6 is 0 Å². The monoisotopic (exact) mass is 460 g/mol. The molecule has 1 fully saturated rings. The number of aromatic nitrogens is 2. The molecule has 0 spiro atoms. The van der Waals surface area contributed by atoms with Gasteiger partial charge in [0.05, 0.1) is 19.0 Å². The Hall–Kier alpha value is -3.40. The Bertz CT molecular complexity index is 1170. The van der Waals surface area contributed by atoms with Gasteiger partial charge in [0.2, 0.25) is 0 Å². The standard InChI is InChI=1S/C23H26F2N4O4/c1-23(2,26)12-32-15-6-7-29-16(11-27-19(29)10-15)13-8-17(31-3)20(18(9-13)33-22(24)25)21(30)28-14-4-5-14/h6-11,14,22H,4-5,12,26H2,1-3H3,(H,28,30). The second-order valence-electron chi connectivity index (χ2n) is 8.69. The van der Waals surface area contributed by atoms with E-state index < -0.39 is 18.1 Å². The van der Waals surface area contributed by atoms with Gasteiger partial charge in [-0.2, -0.15) is 8.78 Å². The Balaban J connectivity index is 1.72. The normalized spacial score (nSPS) is 13.9. The van der Waals surface area contributed by atoms with Gasteiger partial charge in [0.15, 0.2) is 0 Å². The summed E-state index contributed by atoms with van der Waals surface area (Å²) >= 11 is 0. The zero-order valence-electron chi connectivity index (χ0n) is 18.6. The summed E-state index contributed by atoms with van der Waals surface area (Å²) in [5.74, 6) is -0.0529. The first-order valence-electron chi connectivity index (χ1n) is 10.5. The Morgan fingerprint density at radius 2 is 2.03 bits per heavy atom. The molecule has 2 heterocycles. The minimum Gasteiger partial charge on any atom is -0.496 e. The van der Waals surface area contributed by atoms with Crippen molar-refractivity contribution in [2.45, 2.75) is 44.9 Å². The summed E-state index contributed by atoms with van der Waals surface area (Å²) in [4.78, 5) is 17.1. The number of halogens is 2. The molecule has 1 aliphatic rings. The number of imidazole rings is 1. The number of ether oxygens (including phenoxy) is 3. The topological polar surface area (TPSA) is 100 Å². The number of nitrogens with zero attached hydrogens (tertiary/aromatic N) is 2. The highest BCUT2D eigenvalue weighted by Gasteiger charge is 2.29. The van der Waals surface area contributed by atoms with Gasteiger partial charge in [-0.15, -0.1) is 0 Å². The van der Waals surface area contributed by atoms with Crippen molar-refractivity contribution in [1.29, 1.82) is 0 Å². The van der Waals surface area contributed by atoms with Gasteiger partial charge in [-0.3, -0.25) is 9.20 Å². The van der Waals surface area contributed by atoms with Crippen molar-refractivity contribution in [2.24, 2.45) is 5.73 Å². The number of hydrogen-bond acceptors (Lipinski definition) is 6. The quantitative estimate of drug-likeness (QED) is 0.506. The summed E-state index contributed by atoms with van der Waals surface area (Å²) in [7, 11) is 1.37. The average Bonchev–Trinajstić information content (AvgIpc) is 3.45. The van der Waals surface area contributed by atoms with Crippen molar-refractivity contribution < 1.29 is 27.8 Å². The van der Waals surface area contributed by atoms with Gasteiger partial charge in [0.1, 0.15) is 35.1 Å². The number of carbonyl (C=O) groups is 1. The molecule has 0 radical (unpaired) electrons. The van der Waals surface area contributed by atoms with E-state index in [2.05, 4.69) is 10.3 Å². The van der Waals surface area contributed by atoms with E-state index in [1.165, 1.54) is 13.2 Å². The summed E-state index contributed by atoms with van der Waals surface area (Å²) in [5, 5.41) is 2.79. The van der Waals surface area contributed by atoms with Crippen LogP contribution in [-0.2, 0) is 0 Å². The number of rotatable bonds is 9. The maximum absolute atomic E-state index is 13.2. The lowest BCUT2D eigenvalue weighted by Crippen LogP contribution is -2.38. The highest BCUT2D eigenvalue weighted by atomic mass is 19.3. The van der Waals surface area contributed by atoms with Crippen LogP contribution in [0.4, 0.5) is 8.78 Å². The van der Waals surface area contributed by atoms with Gasteiger partial charge in [0, 0.05) is 29.4 Å². The molecule has 176 valence electrons. The molecule has 0 saturated heterocycles. The molecule has 10 heteroatoms. The Morgan fingerprint density at radius 3 is 2.67 bits per heavy atom. The number of nitrogens with two attached hydrogens (primary N) is 1.